The van der Waals surface area contributed by atoms with Gasteiger partial charge in [0.1, 0.15) is 12.3 Å². The molecule has 1 aliphatic rings. The molecule has 0 aliphatic carbocycles. The van der Waals surface area contributed by atoms with Crippen molar-refractivity contribution in [3.05, 3.63) is 91.7 Å². The lowest BCUT2D eigenvalue weighted by molar-refractivity contribution is -0.114. The molecule has 3 aromatic rings. The molecule has 4 rings (SSSR count). The van der Waals surface area contributed by atoms with E-state index in [2.05, 4.69) is 21.0 Å². The number of amides is 1. The van der Waals surface area contributed by atoms with Crippen LogP contribution in [0.25, 0.3) is 6.08 Å². The topological polar surface area (TPSA) is 51.1 Å². The number of hydrogen-bond acceptors (Lipinski definition) is 4. The maximum Gasteiger partial charge on any atom is 0.280 e. The predicted octanol–water partition coefficient (Wildman–Crippen LogP) is 7.19. The molecule has 192 valence electrons. The third-order valence-corrected chi connectivity index (χ3v) is 6.29. The summed E-state index contributed by atoms with van der Waals surface area (Å²) < 4.78 is 81.0. The number of methoxy groups -OCH3 is 1. The van der Waals surface area contributed by atoms with E-state index in [9.17, 15) is 26.7 Å². The summed E-state index contributed by atoms with van der Waals surface area (Å²) in [5, 5.41) is 4.45. The van der Waals surface area contributed by atoms with E-state index in [0.29, 0.717) is 26.6 Å². The third-order valence-electron chi connectivity index (χ3n) is 5.35. The van der Waals surface area contributed by atoms with Crippen LogP contribution >= 0.6 is 27.5 Å². The first-order chi connectivity index (χ1) is 17.5. The Balaban J connectivity index is 1.66. The zero-order chi connectivity index (χ0) is 27.0. The van der Waals surface area contributed by atoms with Crippen molar-refractivity contribution in [2.45, 2.75) is 13.5 Å². The highest BCUT2D eigenvalue weighted by Crippen LogP contribution is 2.37. The number of nitrogens with zero attached hydrogens (tertiary/aromatic N) is 2. The van der Waals surface area contributed by atoms with Gasteiger partial charge in [0.2, 0.25) is 5.82 Å². The fourth-order valence-corrected chi connectivity index (χ4v) is 4.01. The first kappa shape index (κ1) is 26.6. The number of carbonyl (C=O) groups excluding carboxylic acids is 1. The minimum Gasteiger partial charge on any atom is -0.493 e. The van der Waals surface area contributed by atoms with Crippen LogP contribution in [-0.2, 0) is 11.4 Å². The molecule has 0 fully saturated rings. The van der Waals surface area contributed by atoms with Crippen molar-refractivity contribution in [1.29, 1.82) is 0 Å². The normalized spacial score (nSPS) is 14.4. The van der Waals surface area contributed by atoms with E-state index >= 15 is 0 Å². The summed E-state index contributed by atoms with van der Waals surface area (Å²) in [7, 11) is 1.41. The number of hydrogen-bond donors (Lipinski definition) is 0. The van der Waals surface area contributed by atoms with Crippen molar-refractivity contribution in [3.63, 3.8) is 0 Å². The lowest BCUT2D eigenvalue weighted by Gasteiger charge is -2.15. The molecule has 3 aromatic carbocycles. The molecule has 37 heavy (non-hydrogen) atoms. The summed E-state index contributed by atoms with van der Waals surface area (Å²) in [5.41, 5.74) is -0.366. The molecule has 0 N–H and O–H groups in total. The minimum atomic E-state index is -2.34. The molecule has 12 heteroatoms. The van der Waals surface area contributed by atoms with Crippen LogP contribution in [0.1, 0.15) is 18.1 Å². The first-order valence-electron chi connectivity index (χ1n) is 10.4. The number of halogens is 7. The number of carbonyl (C=O) groups is 1. The van der Waals surface area contributed by atoms with Gasteiger partial charge in [-0.3, -0.25) is 4.79 Å². The summed E-state index contributed by atoms with van der Waals surface area (Å²) in [4.78, 5) is 12.9. The van der Waals surface area contributed by atoms with Crippen LogP contribution < -0.4 is 14.5 Å². The smallest absolute Gasteiger partial charge is 0.280 e. The molecule has 0 bridgehead atoms. The second kappa shape index (κ2) is 10.5. The van der Waals surface area contributed by atoms with E-state index in [0.717, 1.165) is 5.56 Å². The molecule has 0 saturated heterocycles. The summed E-state index contributed by atoms with van der Waals surface area (Å²) in [5.74, 6) is -11.5. The van der Waals surface area contributed by atoms with Gasteiger partial charge < -0.3 is 9.47 Å². The highest BCUT2D eigenvalue weighted by Gasteiger charge is 2.37. The van der Waals surface area contributed by atoms with Gasteiger partial charge in [0.25, 0.3) is 5.91 Å². The van der Waals surface area contributed by atoms with E-state index in [-0.39, 0.29) is 22.9 Å². The minimum absolute atomic E-state index is 0.0112. The molecule has 1 heterocycles. The number of anilines is 1. The zero-order valence-corrected chi connectivity index (χ0v) is 21.4. The molecular formula is C25H15BrClF5N2O3. The lowest BCUT2D eigenvalue weighted by Crippen LogP contribution is -2.25. The average molecular weight is 602 g/mol. The molecular weight excluding hydrogens is 587 g/mol. The highest BCUT2D eigenvalue weighted by molar-refractivity contribution is 9.10. The van der Waals surface area contributed by atoms with Crippen molar-refractivity contribution < 1.29 is 36.2 Å². The predicted molar refractivity (Wildman–Crippen MR) is 131 cm³/mol. The van der Waals surface area contributed by atoms with E-state index in [4.69, 9.17) is 21.1 Å². The Bertz CT molecular complexity index is 1450. The van der Waals surface area contributed by atoms with Crippen molar-refractivity contribution >= 4 is 50.9 Å². The van der Waals surface area contributed by atoms with Gasteiger partial charge in [-0.15, -0.1) is 0 Å². The number of ether oxygens (including phenoxy) is 2. The number of hydrazone groups is 1. The van der Waals surface area contributed by atoms with Gasteiger partial charge >= 0.3 is 0 Å². The molecule has 1 aliphatic heterocycles. The Hall–Kier alpha value is -3.44. The summed E-state index contributed by atoms with van der Waals surface area (Å²) in [6.07, 6.45) is 1.34. The molecule has 0 aromatic heterocycles. The van der Waals surface area contributed by atoms with Gasteiger partial charge in [-0.25, -0.2) is 22.0 Å². The summed E-state index contributed by atoms with van der Waals surface area (Å²) >= 11 is 9.27. The van der Waals surface area contributed by atoms with Crippen LogP contribution in [0.2, 0.25) is 5.02 Å². The van der Waals surface area contributed by atoms with Crippen LogP contribution in [0.5, 0.6) is 11.5 Å². The first-order valence-corrected chi connectivity index (χ1v) is 11.6. The Morgan fingerprint density at radius 1 is 0.973 bits per heavy atom. The van der Waals surface area contributed by atoms with Crippen molar-refractivity contribution in [3.8, 4) is 11.5 Å². The zero-order valence-electron chi connectivity index (χ0n) is 19.0. The fraction of sp³-hybridized carbons (Fsp3) is 0.120. The summed E-state index contributed by atoms with van der Waals surface area (Å²) in [6.45, 7) is 1.56. The van der Waals surface area contributed by atoms with Gasteiger partial charge in [0, 0.05) is 9.50 Å². The van der Waals surface area contributed by atoms with Crippen LogP contribution in [-0.4, -0.2) is 18.7 Å². The third kappa shape index (κ3) is 5.05. The standard InChI is InChI=1S/C25H15BrClF5N2O3/c1-11-15(25(35)34(33-11)24-22(31)20(29)19(28)21(30)23(24)32)7-13-8-17(36-2)18(9-16(13)26)37-10-12-3-5-14(27)6-4-12/h3-9H,10H2,1-2H3/b15-7+. The van der Waals surface area contributed by atoms with E-state index in [1.165, 1.54) is 26.2 Å². The monoisotopic (exact) mass is 600 g/mol. The second-order valence-electron chi connectivity index (χ2n) is 7.72. The SMILES string of the molecule is COc1cc(/C=C2/C(=O)N(c3c(F)c(F)c(F)c(F)c3F)N=C2C)c(Br)cc1OCc1ccc(Cl)cc1. The van der Waals surface area contributed by atoms with Crippen molar-refractivity contribution in [2.24, 2.45) is 5.10 Å². The second-order valence-corrected chi connectivity index (χ2v) is 9.01. The Morgan fingerprint density at radius 3 is 2.16 bits per heavy atom. The van der Waals surface area contributed by atoms with Crippen LogP contribution in [0, 0.1) is 29.1 Å². The Labute approximate surface area is 220 Å². The van der Waals surface area contributed by atoms with Gasteiger partial charge in [0.05, 0.1) is 18.4 Å². The maximum atomic E-state index is 14.3. The average Bonchev–Trinajstić information content (AvgIpc) is 3.15. The number of rotatable bonds is 6. The largest absolute Gasteiger partial charge is 0.493 e. The molecule has 0 spiro atoms. The lowest BCUT2D eigenvalue weighted by atomic mass is 10.1. The Kier molecular flexibility index (Phi) is 7.56. The van der Waals surface area contributed by atoms with Crippen molar-refractivity contribution in [1.82, 2.24) is 0 Å². The van der Waals surface area contributed by atoms with E-state index < -0.39 is 40.7 Å². The van der Waals surface area contributed by atoms with Crippen LogP contribution in [0.4, 0.5) is 27.6 Å². The fourth-order valence-electron chi connectivity index (χ4n) is 3.45. The van der Waals surface area contributed by atoms with Gasteiger partial charge in [0.15, 0.2) is 34.8 Å². The quantitative estimate of drug-likeness (QED) is 0.130. The molecule has 0 atom stereocenters. The molecule has 0 radical (unpaired) electrons. The van der Waals surface area contributed by atoms with Crippen LogP contribution in [0.3, 0.4) is 0 Å². The molecule has 5 nitrogen and oxygen atoms in total. The number of benzene rings is 3. The highest BCUT2D eigenvalue weighted by atomic mass is 79.9. The van der Waals surface area contributed by atoms with E-state index in [1.54, 1.807) is 30.3 Å². The van der Waals surface area contributed by atoms with Crippen molar-refractivity contribution in [2.75, 3.05) is 12.1 Å². The van der Waals surface area contributed by atoms with Crippen LogP contribution in [0.15, 0.2) is 51.5 Å². The maximum absolute atomic E-state index is 14.3. The van der Waals surface area contributed by atoms with Gasteiger partial charge in [-0.2, -0.15) is 10.1 Å². The van der Waals surface area contributed by atoms with Gasteiger partial charge in [-0.05, 0) is 48.4 Å². The molecule has 0 unspecified atom stereocenters. The van der Waals surface area contributed by atoms with E-state index in [1.807, 2.05) is 0 Å². The Morgan fingerprint density at radius 2 is 1.57 bits per heavy atom. The van der Waals surface area contributed by atoms with Gasteiger partial charge in [-0.1, -0.05) is 39.7 Å². The summed E-state index contributed by atoms with van der Waals surface area (Å²) in [6, 6.07) is 10.2. The molecule has 0 saturated carbocycles. The molecule has 1 amide bonds.